The van der Waals surface area contributed by atoms with E-state index < -0.39 is 33.4 Å². The molecule has 234 valence electrons. The Morgan fingerprint density at radius 2 is 1.57 bits per heavy atom. The lowest BCUT2D eigenvalue weighted by molar-refractivity contribution is -0.393. The van der Waals surface area contributed by atoms with Gasteiger partial charge in [0.25, 0.3) is 11.4 Å². The Morgan fingerprint density at radius 3 is 2.21 bits per heavy atom. The van der Waals surface area contributed by atoms with Crippen LogP contribution in [0.15, 0.2) is 18.2 Å². The Balaban J connectivity index is 2.43. The summed E-state index contributed by atoms with van der Waals surface area (Å²) in [6.07, 6.45) is 3.41. The summed E-state index contributed by atoms with van der Waals surface area (Å²) in [4.78, 5) is 69.4. The standard InChI is InChI=1S/C25H41N9O8/c1-17(6-2-3-11-26)31-24(37)16-30-25(38)20(32-23(36)15-27)9-10-22(35)29-13-5-4-12-28-19-8-7-18(33(39)40)14-21(19)34(41)42/h7-8,14,17,20,28H,2-6,9-13,15-16,26-27H2,1H3,(H,29,35)(H,30,38)(H,31,37)(H,32,36). The summed E-state index contributed by atoms with van der Waals surface area (Å²) in [5.41, 5.74) is 10.1. The third-order valence-electron chi connectivity index (χ3n) is 6.05. The van der Waals surface area contributed by atoms with Gasteiger partial charge in [0.1, 0.15) is 11.7 Å². The molecule has 0 fully saturated rings. The van der Waals surface area contributed by atoms with E-state index in [0.29, 0.717) is 32.5 Å². The number of rotatable bonds is 21. The smallest absolute Gasteiger partial charge is 0.299 e. The van der Waals surface area contributed by atoms with Crippen molar-refractivity contribution in [3.8, 4) is 0 Å². The molecule has 0 aliphatic rings. The molecular formula is C25H41N9O8. The van der Waals surface area contributed by atoms with Crippen LogP contribution in [0.3, 0.4) is 0 Å². The van der Waals surface area contributed by atoms with Crippen molar-refractivity contribution in [3.05, 3.63) is 38.4 Å². The number of non-ortho nitro benzene ring substituents is 1. The summed E-state index contributed by atoms with van der Waals surface area (Å²) in [6, 6.07) is 2.16. The lowest BCUT2D eigenvalue weighted by Crippen LogP contribution is -2.51. The van der Waals surface area contributed by atoms with Gasteiger partial charge in [0, 0.05) is 31.6 Å². The van der Waals surface area contributed by atoms with Crippen molar-refractivity contribution in [2.24, 2.45) is 11.5 Å². The highest BCUT2D eigenvalue weighted by Gasteiger charge is 2.22. The third-order valence-corrected chi connectivity index (χ3v) is 6.05. The fraction of sp³-hybridized carbons (Fsp3) is 0.600. The van der Waals surface area contributed by atoms with Crippen molar-refractivity contribution >= 4 is 40.7 Å². The summed E-state index contributed by atoms with van der Waals surface area (Å²) < 4.78 is 0. The number of nitro groups is 2. The van der Waals surface area contributed by atoms with Crippen molar-refractivity contribution in [2.45, 2.75) is 64.0 Å². The molecule has 0 heterocycles. The maximum absolute atomic E-state index is 12.6. The highest BCUT2D eigenvalue weighted by molar-refractivity contribution is 5.91. The van der Waals surface area contributed by atoms with E-state index in [1.807, 2.05) is 6.92 Å². The molecule has 2 atom stereocenters. The van der Waals surface area contributed by atoms with Crippen LogP contribution in [0.4, 0.5) is 17.1 Å². The lowest BCUT2D eigenvalue weighted by atomic mass is 10.1. The van der Waals surface area contributed by atoms with Crippen molar-refractivity contribution < 1.29 is 29.0 Å². The number of anilines is 1. The second kappa shape index (κ2) is 19.7. The molecule has 2 unspecified atom stereocenters. The number of amides is 4. The molecule has 17 heteroatoms. The average Bonchev–Trinajstić information content (AvgIpc) is 2.95. The summed E-state index contributed by atoms with van der Waals surface area (Å²) >= 11 is 0. The maximum atomic E-state index is 12.6. The van der Waals surface area contributed by atoms with Crippen LogP contribution in [0.25, 0.3) is 0 Å². The van der Waals surface area contributed by atoms with E-state index in [1.54, 1.807) is 0 Å². The van der Waals surface area contributed by atoms with Crippen LogP contribution >= 0.6 is 0 Å². The van der Waals surface area contributed by atoms with Crippen LogP contribution in [-0.4, -0.2) is 78.3 Å². The van der Waals surface area contributed by atoms with Crippen LogP contribution in [-0.2, 0) is 19.2 Å². The van der Waals surface area contributed by atoms with Gasteiger partial charge in [0.05, 0.1) is 29.0 Å². The monoisotopic (exact) mass is 595 g/mol. The predicted octanol–water partition coefficient (Wildman–Crippen LogP) is -0.215. The van der Waals surface area contributed by atoms with Crippen LogP contribution in [0, 0.1) is 20.2 Å². The zero-order chi connectivity index (χ0) is 31.5. The first-order valence-electron chi connectivity index (χ1n) is 13.7. The van der Waals surface area contributed by atoms with Gasteiger partial charge in [0.15, 0.2) is 0 Å². The second-order valence-electron chi connectivity index (χ2n) is 9.53. The molecule has 0 radical (unpaired) electrons. The summed E-state index contributed by atoms with van der Waals surface area (Å²) in [7, 11) is 0. The van der Waals surface area contributed by atoms with E-state index in [0.717, 1.165) is 25.3 Å². The van der Waals surface area contributed by atoms with Gasteiger partial charge in [-0.15, -0.1) is 0 Å². The van der Waals surface area contributed by atoms with Gasteiger partial charge in [-0.3, -0.25) is 39.4 Å². The molecule has 1 rings (SSSR count). The van der Waals surface area contributed by atoms with E-state index in [-0.39, 0.29) is 55.2 Å². The second-order valence-corrected chi connectivity index (χ2v) is 9.53. The first-order chi connectivity index (χ1) is 20.0. The number of nitrogens with zero attached hydrogens (tertiary/aromatic N) is 2. The van der Waals surface area contributed by atoms with Crippen LogP contribution < -0.4 is 38.1 Å². The summed E-state index contributed by atoms with van der Waals surface area (Å²) in [5, 5.41) is 35.3. The molecule has 1 aromatic carbocycles. The molecule has 0 bridgehead atoms. The zero-order valence-corrected chi connectivity index (χ0v) is 23.7. The first-order valence-corrected chi connectivity index (χ1v) is 13.7. The van der Waals surface area contributed by atoms with E-state index in [9.17, 15) is 39.4 Å². The number of nitrogens with two attached hydrogens (primary N) is 2. The molecule has 0 spiro atoms. The number of hydrogen-bond acceptors (Lipinski definition) is 11. The largest absolute Gasteiger partial charge is 0.379 e. The molecule has 0 aromatic heterocycles. The Hall–Kier alpha value is -4.38. The fourth-order valence-electron chi connectivity index (χ4n) is 3.80. The molecule has 1 aromatic rings. The molecule has 42 heavy (non-hydrogen) atoms. The van der Waals surface area contributed by atoms with Crippen molar-refractivity contribution in [2.75, 3.05) is 38.0 Å². The van der Waals surface area contributed by atoms with Gasteiger partial charge in [-0.25, -0.2) is 0 Å². The highest BCUT2D eigenvalue weighted by atomic mass is 16.6. The van der Waals surface area contributed by atoms with Crippen molar-refractivity contribution in [3.63, 3.8) is 0 Å². The highest BCUT2D eigenvalue weighted by Crippen LogP contribution is 2.28. The molecule has 0 saturated carbocycles. The molecule has 0 aliphatic carbocycles. The number of benzene rings is 1. The van der Waals surface area contributed by atoms with E-state index in [2.05, 4.69) is 26.6 Å². The van der Waals surface area contributed by atoms with Gasteiger partial charge in [-0.2, -0.15) is 0 Å². The summed E-state index contributed by atoms with van der Waals surface area (Å²) in [6.45, 7) is 2.39. The van der Waals surface area contributed by atoms with Crippen molar-refractivity contribution in [1.82, 2.24) is 21.3 Å². The minimum atomic E-state index is -1.07. The van der Waals surface area contributed by atoms with Crippen LogP contribution in [0.2, 0.25) is 0 Å². The van der Waals surface area contributed by atoms with Crippen LogP contribution in [0.5, 0.6) is 0 Å². The predicted molar refractivity (Wildman–Crippen MR) is 154 cm³/mol. The summed E-state index contributed by atoms with van der Waals surface area (Å²) in [5.74, 6) is -1.96. The topological polar surface area (TPSA) is 267 Å². The van der Waals surface area contributed by atoms with Crippen molar-refractivity contribution in [1.29, 1.82) is 0 Å². The van der Waals surface area contributed by atoms with Gasteiger partial charge in [-0.1, -0.05) is 6.42 Å². The molecule has 17 nitrogen and oxygen atoms in total. The SMILES string of the molecule is CC(CCCCN)NC(=O)CNC(=O)C(CCC(=O)NCCCCNc1ccc([N+](=O)[O-])cc1[N+](=O)[O-])NC(=O)CN. The minimum Gasteiger partial charge on any atom is -0.379 e. The third kappa shape index (κ3) is 14.3. The Morgan fingerprint density at radius 1 is 0.857 bits per heavy atom. The van der Waals surface area contributed by atoms with Gasteiger partial charge >= 0.3 is 0 Å². The molecular weight excluding hydrogens is 554 g/mol. The molecule has 0 saturated heterocycles. The lowest BCUT2D eigenvalue weighted by Gasteiger charge is -2.19. The first kappa shape index (κ1) is 35.6. The number of hydrogen-bond donors (Lipinski definition) is 7. The maximum Gasteiger partial charge on any atom is 0.299 e. The average molecular weight is 596 g/mol. The fourth-order valence-corrected chi connectivity index (χ4v) is 3.80. The van der Waals surface area contributed by atoms with Gasteiger partial charge in [0.2, 0.25) is 23.6 Å². The van der Waals surface area contributed by atoms with Gasteiger partial charge < -0.3 is 38.1 Å². The van der Waals surface area contributed by atoms with Gasteiger partial charge in [-0.05, 0) is 51.6 Å². The number of carbonyl (C=O) groups excluding carboxylic acids is 4. The number of nitro benzene ring substituents is 2. The number of unbranched alkanes of at least 4 members (excludes halogenated alkanes) is 2. The Labute approximate surface area is 243 Å². The molecule has 0 aliphatic heterocycles. The van der Waals surface area contributed by atoms with E-state index in [1.165, 1.54) is 12.1 Å². The normalized spacial score (nSPS) is 12.0. The quantitative estimate of drug-likeness (QED) is 0.0555. The Bertz CT molecular complexity index is 1090. The molecule has 4 amide bonds. The number of carbonyl (C=O) groups is 4. The molecule has 9 N–H and O–H groups in total. The van der Waals surface area contributed by atoms with E-state index in [4.69, 9.17) is 11.5 Å². The van der Waals surface area contributed by atoms with Crippen LogP contribution in [0.1, 0.15) is 51.9 Å². The number of nitrogens with one attached hydrogen (secondary N) is 5. The Kier molecular flexibility index (Phi) is 16.7. The zero-order valence-electron chi connectivity index (χ0n) is 23.7. The minimum absolute atomic E-state index is 0.0219. The van der Waals surface area contributed by atoms with E-state index >= 15 is 0 Å².